The molecule has 38 heavy (non-hydrogen) atoms. The van der Waals surface area contributed by atoms with E-state index in [0.29, 0.717) is 16.5 Å². The Morgan fingerprint density at radius 2 is 1.66 bits per heavy atom. The lowest BCUT2D eigenvalue weighted by Crippen LogP contribution is -2.38. The quantitative estimate of drug-likeness (QED) is 0.247. The second-order valence-corrected chi connectivity index (χ2v) is 11.0. The summed E-state index contributed by atoms with van der Waals surface area (Å²) in [5.74, 6) is 0.0384. The van der Waals surface area contributed by atoms with Crippen LogP contribution in [0.1, 0.15) is 6.92 Å². The van der Waals surface area contributed by atoms with Crippen LogP contribution < -0.4 is 14.4 Å². The Morgan fingerprint density at radius 1 is 0.921 bits per heavy atom. The fourth-order valence-corrected chi connectivity index (χ4v) is 6.22. The number of amides is 1. The van der Waals surface area contributed by atoms with E-state index in [4.69, 9.17) is 16.3 Å². The van der Waals surface area contributed by atoms with Crippen molar-refractivity contribution in [2.24, 2.45) is 0 Å². The number of nitrogens with one attached hydrogen (secondary N) is 1. The van der Waals surface area contributed by atoms with Crippen LogP contribution in [0.15, 0.2) is 95.9 Å². The van der Waals surface area contributed by atoms with Gasteiger partial charge in [-0.15, -0.1) is 0 Å². The summed E-state index contributed by atoms with van der Waals surface area (Å²) in [6.45, 7) is 2.46. The summed E-state index contributed by atoms with van der Waals surface area (Å²) in [4.78, 5) is 13.3. The van der Waals surface area contributed by atoms with Crippen molar-refractivity contribution >= 4 is 60.7 Å². The summed E-state index contributed by atoms with van der Waals surface area (Å²) < 4.78 is 35.7. The van der Waals surface area contributed by atoms with Gasteiger partial charge in [-0.05, 0) is 73.7 Å². The van der Waals surface area contributed by atoms with Crippen LogP contribution in [0, 0.1) is 0 Å². The fourth-order valence-electron chi connectivity index (χ4n) is 4.62. The van der Waals surface area contributed by atoms with Crippen molar-refractivity contribution in [1.82, 2.24) is 4.57 Å². The molecule has 1 aromatic heterocycles. The third kappa shape index (κ3) is 4.80. The molecule has 1 heterocycles. The number of ether oxygens (including phenoxy) is 1. The summed E-state index contributed by atoms with van der Waals surface area (Å²) in [6.07, 6.45) is 0. The lowest BCUT2D eigenvalue weighted by Gasteiger charge is -2.24. The molecule has 1 amide bonds. The number of hydrogen-bond donors (Lipinski definition) is 1. The third-order valence-corrected chi connectivity index (χ3v) is 8.43. The van der Waals surface area contributed by atoms with E-state index in [-0.39, 0.29) is 10.6 Å². The maximum atomic E-state index is 13.6. The summed E-state index contributed by atoms with van der Waals surface area (Å²) in [7, 11) is -2.59. The maximum absolute atomic E-state index is 13.6. The van der Waals surface area contributed by atoms with Gasteiger partial charge in [0, 0.05) is 39.1 Å². The molecule has 0 unspecified atom stereocenters. The van der Waals surface area contributed by atoms with E-state index < -0.39 is 22.5 Å². The monoisotopic (exact) mass is 547 g/mol. The third-order valence-electron chi connectivity index (χ3n) is 6.40. The number of aromatic nitrogens is 1. The van der Waals surface area contributed by atoms with Crippen LogP contribution >= 0.6 is 11.6 Å². The van der Waals surface area contributed by atoms with Crippen molar-refractivity contribution < 1.29 is 17.9 Å². The van der Waals surface area contributed by atoms with Crippen LogP contribution in [0.25, 0.3) is 21.8 Å². The molecule has 194 valence electrons. The molecule has 0 radical (unpaired) electrons. The second-order valence-electron chi connectivity index (χ2n) is 8.71. The van der Waals surface area contributed by atoms with E-state index in [1.165, 1.54) is 25.3 Å². The molecule has 4 aromatic carbocycles. The first-order valence-electron chi connectivity index (χ1n) is 12.0. The minimum absolute atomic E-state index is 0.0277. The normalized spacial score (nSPS) is 11.6. The number of aryl methyl sites for hydroxylation is 1. The van der Waals surface area contributed by atoms with Crippen molar-refractivity contribution in [3.05, 3.63) is 96.0 Å². The number of nitrogens with zero attached hydrogens (tertiary/aromatic N) is 2. The van der Waals surface area contributed by atoms with Gasteiger partial charge in [-0.2, -0.15) is 0 Å². The highest BCUT2D eigenvalue weighted by Crippen LogP contribution is 2.31. The van der Waals surface area contributed by atoms with Gasteiger partial charge in [-0.3, -0.25) is 9.10 Å². The van der Waals surface area contributed by atoms with Crippen LogP contribution in [0.2, 0.25) is 5.02 Å². The van der Waals surface area contributed by atoms with Gasteiger partial charge in [-0.25, -0.2) is 8.42 Å². The number of benzene rings is 4. The smallest absolute Gasteiger partial charge is 0.264 e. The summed E-state index contributed by atoms with van der Waals surface area (Å²) in [5, 5.41) is 5.33. The van der Waals surface area contributed by atoms with Gasteiger partial charge >= 0.3 is 0 Å². The number of fused-ring (bicyclic) bond motifs is 3. The molecule has 0 bridgehead atoms. The Hall–Kier alpha value is -4.01. The second kappa shape index (κ2) is 10.4. The van der Waals surface area contributed by atoms with Crippen LogP contribution in [-0.4, -0.2) is 32.5 Å². The molecular formula is C29H26ClN3O4S. The minimum Gasteiger partial charge on any atom is -0.497 e. The van der Waals surface area contributed by atoms with Crippen molar-refractivity contribution in [2.45, 2.75) is 18.4 Å². The van der Waals surface area contributed by atoms with E-state index in [9.17, 15) is 13.2 Å². The Kier molecular flexibility index (Phi) is 7.01. The van der Waals surface area contributed by atoms with E-state index in [1.54, 1.807) is 30.3 Å². The highest BCUT2D eigenvalue weighted by Gasteiger charge is 2.27. The van der Waals surface area contributed by atoms with Gasteiger partial charge in [-0.1, -0.05) is 35.9 Å². The lowest BCUT2D eigenvalue weighted by atomic mass is 10.1. The zero-order chi connectivity index (χ0) is 26.9. The highest BCUT2D eigenvalue weighted by atomic mass is 35.5. The van der Waals surface area contributed by atoms with Gasteiger partial charge in [0.25, 0.3) is 10.0 Å². The zero-order valence-electron chi connectivity index (χ0n) is 20.9. The first-order valence-corrected chi connectivity index (χ1v) is 13.9. The number of methoxy groups -OCH3 is 1. The Bertz CT molecular complexity index is 1750. The molecule has 0 atom stereocenters. The Balaban J connectivity index is 1.48. The number of anilines is 2. The van der Waals surface area contributed by atoms with Crippen molar-refractivity contribution in [3.63, 3.8) is 0 Å². The number of carbonyl (C=O) groups is 1. The van der Waals surface area contributed by atoms with Gasteiger partial charge in [0.15, 0.2) is 0 Å². The van der Waals surface area contributed by atoms with Crippen LogP contribution in [-0.2, 0) is 21.4 Å². The number of sulfonamides is 1. The zero-order valence-corrected chi connectivity index (χ0v) is 22.5. The maximum Gasteiger partial charge on any atom is 0.264 e. The molecule has 0 fully saturated rings. The number of halogens is 1. The lowest BCUT2D eigenvalue weighted by molar-refractivity contribution is -0.114. The number of hydrogen-bond acceptors (Lipinski definition) is 4. The van der Waals surface area contributed by atoms with Crippen LogP contribution in [0.3, 0.4) is 0 Å². The molecule has 7 nitrogen and oxygen atoms in total. The predicted molar refractivity (Wildman–Crippen MR) is 153 cm³/mol. The molecule has 0 aliphatic heterocycles. The molecule has 0 spiro atoms. The first kappa shape index (κ1) is 25.6. The molecule has 0 aliphatic carbocycles. The van der Waals surface area contributed by atoms with Gasteiger partial charge < -0.3 is 14.6 Å². The molecule has 9 heteroatoms. The standard InChI is InChI=1S/C29H26ClN3O4S/c1-3-32-27-10-5-4-9-25(27)26-18-21(11-16-28(26)32)31-29(34)19-33(22-8-6-7-20(30)17-22)38(35,36)24-14-12-23(37-2)13-15-24/h4-18H,3,19H2,1-2H3,(H,31,34). The number of carbonyl (C=O) groups excluding carboxylic acids is 1. The van der Waals surface area contributed by atoms with Crippen LogP contribution in [0.5, 0.6) is 5.75 Å². The topological polar surface area (TPSA) is 80.6 Å². The minimum atomic E-state index is -4.09. The Labute approximate surface area is 226 Å². The van der Waals surface area contributed by atoms with Crippen molar-refractivity contribution in [3.8, 4) is 5.75 Å². The van der Waals surface area contributed by atoms with Crippen molar-refractivity contribution in [1.29, 1.82) is 0 Å². The van der Waals surface area contributed by atoms with E-state index >= 15 is 0 Å². The van der Waals surface area contributed by atoms with E-state index in [1.807, 2.05) is 30.3 Å². The Morgan fingerprint density at radius 3 is 2.37 bits per heavy atom. The van der Waals surface area contributed by atoms with Gasteiger partial charge in [0.1, 0.15) is 12.3 Å². The summed E-state index contributed by atoms with van der Waals surface area (Å²) in [5.41, 5.74) is 3.04. The average Bonchev–Trinajstić information content (AvgIpc) is 3.24. The SMILES string of the molecule is CCn1c2ccccc2c2cc(NC(=O)CN(c3cccc(Cl)c3)S(=O)(=O)c3ccc(OC)cc3)ccc21. The average molecular weight is 548 g/mol. The molecule has 5 aromatic rings. The predicted octanol–water partition coefficient (Wildman–Crippen LogP) is 6.31. The summed E-state index contributed by atoms with van der Waals surface area (Å²) >= 11 is 6.17. The summed E-state index contributed by atoms with van der Waals surface area (Å²) in [6, 6.07) is 26.2. The van der Waals surface area contributed by atoms with Crippen molar-refractivity contribution in [2.75, 3.05) is 23.3 Å². The molecule has 1 N–H and O–H groups in total. The largest absolute Gasteiger partial charge is 0.497 e. The molecule has 0 saturated carbocycles. The van der Waals surface area contributed by atoms with Gasteiger partial charge in [0.2, 0.25) is 5.91 Å². The van der Waals surface area contributed by atoms with Crippen LogP contribution in [0.4, 0.5) is 11.4 Å². The first-order chi connectivity index (χ1) is 18.3. The number of rotatable bonds is 8. The highest BCUT2D eigenvalue weighted by molar-refractivity contribution is 7.92. The molecule has 0 saturated heterocycles. The van der Waals surface area contributed by atoms with Gasteiger partial charge in [0.05, 0.1) is 17.7 Å². The molecular weight excluding hydrogens is 522 g/mol. The molecule has 0 aliphatic rings. The van der Waals surface area contributed by atoms with E-state index in [2.05, 4.69) is 28.9 Å². The fraction of sp³-hybridized carbons (Fsp3) is 0.138. The van der Waals surface area contributed by atoms with E-state index in [0.717, 1.165) is 32.7 Å². The number of para-hydroxylation sites is 1. The molecule has 5 rings (SSSR count).